The second-order valence-electron chi connectivity index (χ2n) is 6.67. The molecule has 7 heteroatoms. The molecule has 0 spiro atoms. The van der Waals surface area contributed by atoms with Crippen molar-refractivity contribution in [2.24, 2.45) is 0 Å². The van der Waals surface area contributed by atoms with E-state index in [9.17, 15) is 4.79 Å². The second kappa shape index (κ2) is 6.76. The maximum Gasteiger partial charge on any atom is 0.274 e. The van der Waals surface area contributed by atoms with Crippen LogP contribution in [0.5, 0.6) is 0 Å². The molecule has 4 heterocycles. The number of aromatic amines is 1. The van der Waals surface area contributed by atoms with E-state index in [1.54, 1.807) is 6.20 Å². The van der Waals surface area contributed by atoms with Crippen molar-refractivity contribution in [3.63, 3.8) is 0 Å². The minimum absolute atomic E-state index is 0.0126. The average Bonchev–Trinajstić information content (AvgIpc) is 3.34. The minimum atomic E-state index is 0.0126. The van der Waals surface area contributed by atoms with Crippen LogP contribution in [0.25, 0.3) is 0 Å². The van der Waals surface area contributed by atoms with Crippen LogP contribution in [0, 0.1) is 0 Å². The van der Waals surface area contributed by atoms with E-state index in [-0.39, 0.29) is 11.9 Å². The quantitative estimate of drug-likeness (QED) is 0.902. The molecule has 2 saturated heterocycles. The van der Waals surface area contributed by atoms with E-state index in [1.165, 1.54) is 0 Å². The zero-order valence-corrected chi connectivity index (χ0v) is 13.8. The van der Waals surface area contributed by atoms with Crippen LogP contribution in [0.15, 0.2) is 24.7 Å². The van der Waals surface area contributed by atoms with Crippen LogP contribution in [0.3, 0.4) is 0 Å². The van der Waals surface area contributed by atoms with Gasteiger partial charge in [0.2, 0.25) is 0 Å². The van der Waals surface area contributed by atoms with Crippen molar-refractivity contribution >= 4 is 5.91 Å². The van der Waals surface area contributed by atoms with E-state index < -0.39 is 0 Å². The average molecular weight is 328 g/mol. The standard InChI is InChI=1S/C17H24N6O/c24-17(14-6-11-23(21-14)13-4-3-7-18-12-13)22-10-2-1-5-15(22)16-19-8-9-20-16/h6,8-9,11,13,15,18H,1-5,7,10,12H2,(H,19,20). The summed E-state index contributed by atoms with van der Waals surface area (Å²) in [7, 11) is 0. The molecule has 24 heavy (non-hydrogen) atoms. The molecule has 4 rings (SSSR count). The number of carbonyl (C=O) groups is 1. The highest BCUT2D eigenvalue weighted by Gasteiger charge is 2.31. The number of nitrogens with one attached hydrogen (secondary N) is 2. The minimum Gasteiger partial charge on any atom is -0.347 e. The van der Waals surface area contributed by atoms with Crippen LogP contribution in [-0.4, -0.2) is 50.2 Å². The highest BCUT2D eigenvalue weighted by Crippen LogP contribution is 2.30. The molecule has 7 nitrogen and oxygen atoms in total. The Balaban J connectivity index is 1.52. The number of amides is 1. The van der Waals surface area contributed by atoms with Gasteiger partial charge in [-0.25, -0.2) is 4.98 Å². The van der Waals surface area contributed by atoms with Crippen molar-refractivity contribution in [3.05, 3.63) is 36.2 Å². The number of carbonyl (C=O) groups excluding carboxylic acids is 1. The van der Waals surface area contributed by atoms with Crippen LogP contribution in [0.1, 0.15) is 60.5 Å². The fraction of sp³-hybridized carbons (Fsp3) is 0.588. The van der Waals surface area contributed by atoms with Gasteiger partial charge in [0.15, 0.2) is 0 Å². The van der Waals surface area contributed by atoms with Gasteiger partial charge in [-0.15, -0.1) is 0 Å². The molecule has 0 aliphatic carbocycles. The summed E-state index contributed by atoms with van der Waals surface area (Å²) in [6.07, 6.45) is 10.9. The molecular formula is C17H24N6O. The third kappa shape index (κ3) is 2.96. The van der Waals surface area contributed by atoms with Crippen LogP contribution >= 0.6 is 0 Å². The third-order valence-corrected chi connectivity index (χ3v) is 5.07. The van der Waals surface area contributed by atoms with Gasteiger partial charge in [0.1, 0.15) is 11.5 Å². The smallest absolute Gasteiger partial charge is 0.274 e. The van der Waals surface area contributed by atoms with E-state index >= 15 is 0 Å². The summed E-state index contributed by atoms with van der Waals surface area (Å²) in [5, 5.41) is 7.97. The maximum absolute atomic E-state index is 13.0. The second-order valence-corrected chi connectivity index (χ2v) is 6.67. The Morgan fingerprint density at radius 1 is 1.25 bits per heavy atom. The van der Waals surface area contributed by atoms with E-state index in [1.807, 2.05) is 28.0 Å². The molecule has 2 fully saturated rings. The zero-order chi connectivity index (χ0) is 16.4. The molecular weight excluding hydrogens is 304 g/mol. The molecule has 128 valence electrons. The third-order valence-electron chi connectivity index (χ3n) is 5.07. The van der Waals surface area contributed by atoms with E-state index in [2.05, 4.69) is 20.4 Å². The molecule has 2 atom stereocenters. The van der Waals surface area contributed by atoms with Crippen LogP contribution in [-0.2, 0) is 0 Å². The molecule has 0 saturated carbocycles. The van der Waals surface area contributed by atoms with Gasteiger partial charge < -0.3 is 15.2 Å². The van der Waals surface area contributed by atoms with Gasteiger partial charge in [-0.3, -0.25) is 9.48 Å². The van der Waals surface area contributed by atoms with Crippen molar-refractivity contribution in [3.8, 4) is 0 Å². The van der Waals surface area contributed by atoms with Gasteiger partial charge in [-0.1, -0.05) is 0 Å². The first-order valence-corrected chi connectivity index (χ1v) is 8.89. The Morgan fingerprint density at radius 3 is 3.00 bits per heavy atom. The number of nitrogens with zero attached hydrogens (tertiary/aromatic N) is 4. The number of aromatic nitrogens is 4. The zero-order valence-electron chi connectivity index (χ0n) is 13.8. The first-order chi connectivity index (χ1) is 11.8. The Hall–Kier alpha value is -2.15. The summed E-state index contributed by atoms with van der Waals surface area (Å²) in [5.74, 6) is 0.887. The summed E-state index contributed by atoms with van der Waals surface area (Å²) in [6, 6.07) is 2.23. The Kier molecular flexibility index (Phi) is 4.34. The first-order valence-electron chi connectivity index (χ1n) is 8.89. The fourth-order valence-electron chi connectivity index (χ4n) is 3.78. The van der Waals surface area contributed by atoms with Crippen molar-refractivity contribution in [2.45, 2.75) is 44.2 Å². The molecule has 2 aromatic rings. The Bertz CT molecular complexity index is 673. The van der Waals surface area contributed by atoms with Crippen LogP contribution in [0.2, 0.25) is 0 Å². The SMILES string of the molecule is O=C(c1ccn(C2CCCNC2)n1)N1CCCCC1c1ncc[nH]1. The topological polar surface area (TPSA) is 78.8 Å². The lowest BCUT2D eigenvalue weighted by atomic mass is 10.0. The van der Waals surface area contributed by atoms with Gasteiger partial charge in [0.05, 0.1) is 12.1 Å². The van der Waals surface area contributed by atoms with Crippen LogP contribution in [0.4, 0.5) is 0 Å². The number of likely N-dealkylation sites (tertiary alicyclic amines) is 1. The predicted molar refractivity (Wildman–Crippen MR) is 89.6 cm³/mol. The number of hydrogen-bond acceptors (Lipinski definition) is 4. The fourth-order valence-corrected chi connectivity index (χ4v) is 3.78. The number of piperidine rings is 2. The Morgan fingerprint density at radius 2 is 2.21 bits per heavy atom. The largest absolute Gasteiger partial charge is 0.347 e. The van der Waals surface area contributed by atoms with Crippen LogP contribution < -0.4 is 5.32 Å². The molecule has 2 N–H and O–H groups in total. The predicted octanol–water partition coefficient (Wildman–Crippen LogP) is 1.90. The highest BCUT2D eigenvalue weighted by atomic mass is 16.2. The number of hydrogen-bond donors (Lipinski definition) is 2. The molecule has 2 aliphatic heterocycles. The van der Waals surface area contributed by atoms with Gasteiger partial charge in [0, 0.05) is 31.7 Å². The Labute approximate surface area is 141 Å². The molecule has 0 aromatic carbocycles. The summed E-state index contributed by atoms with van der Waals surface area (Å²) in [4.78, 5) is 22.4. The molecule has 1 amide bonds. The number of rotatable bonds is 3. The van der Waals surface area contributed by atoms with Gasteiger partial charge in [-0.05, 0) is 44.7 Å². The lowest BCUT2D eigenvalue weighted by Gasteiger charge is -2.34. The van der Waals surface area contributed by atoms with Crippen molar-refractivity contribution < 1.29 is 4.79 Å². The van der Waals surface area contributed by atoms with E-state index in [0.29, 0.717) is 11.7 Å². The monoisotopic (exact) mass is 328 g/mol. The van der Waals surface area contributed by atoms with Crippen molar-refractivity contribution in [2.75, 3.05) is 19.6 Å². The molecule has 2 aromatic heterocycles. The summed E-state index contributed by atoms with van der Waals surface area (Å²) < 4.78 is 1.95. The van der Waals surface area contributed by atoms with Gasteiger partial charge in [0.25, 0.3) is 5.91 Å². The molecule has 0 radical (unpaired) electrons. The summed E-state index contributed by atoms with van der Waals surface area (Å²) in [6.45, 7) is 2.76. The molecule has 2 aliphatic rings. The summed E-state index contributed by atoms with van der Waals surface area (Å²) >= 11 is 0. The maximum atomic E-state index is 13.0. The van der Waals surface area contributed by atoms with Gasteiger partial charge >= 0.3 is 0 Å². The van der Waals surface area contributed by atoms with Gasteiger partial charge in [-0.2, -0.15) is 5.10 Å². The van der Waals surface area contributed by atoms with Crippen molar-refractivity contribution in [1.29, 1.82) is 0 Å². The molecule has 0 bridgehead atoms. The first kappa shape index (κ1) is 15.4. The number of H-pyrrole nitrogens is 1. The lowest BCUT2D eigenvalue weighted by Crippen LogP contribution is -2.39. The van der Waals surface area contributed by atoms with E-state index in [4.69, 9.17) is 0 Å². The number of imidazole rings is 1. The normalized spacial score (nSPS) is 24.9. The highest BCUT2D eigenvalue weighted by molar-refractivity contribution is 5.92. The molecule has 2 unspecified atom stereocenters. The summed E-state index contributed by atoms with van der Waals surface area (Å²) in [5.41, 5.74) is 0.541. The van der Waals surface area contributed by atoms with Crippen molar-refractivity contribution in [1.82, 2.24) is 30.0 Å². The lowest BCUT2D eigenvalue weighted by molar-refractivity contribution is 0.0593. The van der Waals surface area contributed by atoms with E-state index in [0.717, 1.165) is 57.6 Å².